The maximum atomic E-state index is 14.0. The van der Waals surface area contributed by atoms with E-state index in [0.717, 1.165) is 12.0 Å². The summed E-state index contributed by atoms with van der Waals surface area (Å²) in [6.45, 7) is 7.89. The summed E-state index contributed by atoms with van der Waals surface area (Å²) in [5, 5.41) is 10.6. The minimum absolute atomic E-state index is 0.0954. The molecule has 0 fully saturated rings. The number of halogens is 1. The van der Waals surface area contributed by atoms with E-state index in [4.69, 9.17) is 4.74 Å². The SMILES string of the molecule is C=C(/C=N\Nc1c(C)cc(Oc2ccccc2F)cc1NC)C(=O)C1=CC2C=C(CC)C=CC2N1. The third kappa shape index (κ3) is 5.35. The normalized spacial score (nSPS) is 18.4. The van der Waals surface area contributed by atoms with Gasteiger partial charge in [-0.1, -0.05) is 49.4 Å². The maximum absolute atomic E-state index is 14.0. The van der Waals surface area contributed by atoms with Gasteiger partial charge in [-0.05, 0) is 43.2 Å². The molecule has 0 saturated carbocycles. The van der Waals surface area contributed by atoms with Crippen molar-refractivity contribution in [3.8, 4) is 11.5 Å². The molecule has 35 heavy (non-hydrogen) atoms. The van der Waals surface area contributed by atoms with Crippen LogP contribution in [0.2, 0.25) is 0 Å². The van der Waals surface area contributed by atoms with E-state index >= 15 is 0 Å². The zero-order valence-corrected chi connectivity index (χ0v) is 20.1. The Morgan fingerprint density at radius 1 is 1.29 bits per heavy atom. The van der Waals surface area contributed by atoms with Crippen LogP contribution < -0.4 is 20.8 Å². The van der Waals surface area contributed by atoms with Gasteiger partial charge in [0.05, 0.1) is 29.3 Å². The maximum Gasteiger partial charge on any atom is 0.209 e. The number of hydrogen-bond acceptors (Lipinski definition) is 6. The Hall–Kier alpha value is -4.13. The lowest BCUT2D eigenvalue weighted by atomic mass is 9.92. The summed E-state index contributed by atoms with van der Waals surface area (Å²) in [6, 6.07) is 9.87. The number of allylic oxidation sites excluding steroid dienone is 3. The Bertz CT molecular complexity index is 1280. The van der Waals surface area contributed by atoms with Crippen LogP contribution in [0.4, 0.5) is 15.8 Å². The first-order valence-corrected chi connectivity index (χ1v) is 11.5. The zero-order valence-electron chi connectivity index (χ0n) is 20.1. The van der Waals surface area contributed by atoms with E-state index in [9.17, 15) is 9.18 Å². The summed E-state index contributed by atoms with van der Waals surface area (Å²) >= 11 is 0. The molecule has 0 spiro atoms. The van der Waals surface area contributed by atoms with E-state index < -0.39 is 5.82 Å². The lowest BCUT2D eigenvalue weighted by Gasteiger charge is -2.18. The van der Waals surface area contributed by atoms with Crippen LogP contribution in [0, 0.1) is 18.7 Å². The number of ether oxygens (including phenoxy) is 1. The highest BCUT2D eigenvalue weighted by Crippen LogP contribution is 2.34. The van der Waals surface area contributed by atoms with Gasteiger partial charge in [-0.3, -0.25) is 10.2 Å². The van der Waals surface area contributed by atoms with Crippen LogP contribution in [0.15, 0.2) is 89.2 Å². The molecule has 6 nitrogen and oxygen atoms in total. The van der Waals surface area contributed by atoms with Gasteiger partial charge in [0.25, 0.3) is 0 Å². The molecule has 2 aromatic rings. The summed E-state index contributed by atoms with van der Waals surface area (Å²) in [5.41, 5.74) is 7.29. The van der Waals surface area contributed by atoms with Gasteiger partial charge < -0.3 is 15.4 Å². The van der Waals surface area contributed by atoms with Gasteiger partial charge >= 0.3 is 0 Å². The van der Waals surface area contributed by atoms with Crippen molar-refractivity contribution in [1.82, 2.24) is 5.32 Å². The number of anilines is 2. The Morgan fingerprint density at radius 2 is 2.09 bits per heavy atom. The third-order valence-electron chi connectivity index (χ3n) is 6.00. The van der Waals surface area contributed by atoms with Crippen molar-refractivity contribution in [3.63, 3.8) is 0 Å². The van der Waals surface area contributed by atoms with Gasteiger partial charge in [-0.25, -0.2) is 4.39 Å². The number of carbonyl (C=O) groups is 1. The molecule has 2 atom stereocenters. The van der Waals surface area contributed by atoms with Crippen molar-refractivity contribution in [2.75, 3.05) is 17.8 Å². The molecule has 7 heteroatoms. The molecular formula is C28H29FN4O2. The lowest BCUT2D eigenvalue weighted by molar-refractivity contribution is -0.112. The first kappa shape index (κ1) is 24.0. The second-order valence-corrected chi connectivity index (χ2v) is 8.45. The van der Waals surface area contributed by atoms with Crippen molar-refractivity contribution in [1.29, 1.82) is 0 Å². The highest BCUT2D eigenvalue weighted by atomic mass is 19.1. The summed E-state index contributed by atoms with van der Waals surface area (Å²) in [4.78, 5) is 12.9. The van der Waals surface area contributed by atoms with Crippen molar-refractivity contribution >= 4 is 23.4 Å². The lowest BCUT2D eigenvalue weighted by Crippen LogP contribution is -2.29. The Morgan fingerprint density at radius 3 is 2.83 bits per heavy atom. The number of aryl methyl sites for hydroxylation is 1. The van der Waals surface area contributed by atoms with E-state index in [1.807, 2.05) is 13.0 Å². The first-order chi connectivity index (χ1) is 16.9. The molecule has 0 radical (unpaired) electrons. The van der Waals surface area contributed by atoms with Crippen LogP contribution >= 0.6 is 0 Å². The predicted molar refractivity (Wildman–Crippen MR) is 139 cm³/mol. The van der Waals surface area contributed by atoms with Crippen molar-refractivity contribution in [3.05, 3.63) is 95.5 Å². The van der Waals surface area contributed by atoms with Crippen LogP contribution in [-0.4, -0.2) is 25.1 Å². The summed E-state index contributed by atoms with van der Waals surface area (Å²) in [5.74, 6) is 0.178. The van der Waals surface area contributed by atoms with Crippen LogP contribution in [0.5, 0.6) is 11.5 Å². The molecule has 0 saturated heterocycles. The van der Waals surface area contributed by atoms with Crippen LogP contribution in [0.1, 0.15) is 18.9 Å². The number of hydrazone groups is 1. The molecule has 3 N–H and O–H groups in total. The van der Waals surface area contributed by atoms with Gasteiger partial charge in [0.1, 0.15) is 5.75 Å². The highest BCUT2D eigenvalue weighted by molar-refractivity contribution is 6.20. The number of benzene rings is 2. The fourth-order valence-corrected chi connectivity index (χ4v) is 4.07. The average Bonchev–Trinajstić information content (AvgIpc) is 3.29. The Labute approximate surface area is 205 Å². The van der Waals surface area contributed by atoms with Crippen LogP contribution in [0.25, 0.3) is 0 Å². The molecule has 0 aromatic heterocycles. The molecule has 0 amide bonds. The summed E-state index contributed by atoms with van der Waals surface area (Å²) < 4.78 is 19.7. The number of fused-ring (bicyclic) bond motifs is 1. The second-order valence-electron chi connectivity index (χ2n) is 8.45. The van der Waals surface area contributed by atoms with E-state index in [0.29, 0.717) is 22.8 Å². The number of carbonyl (C=O) groups excluding carboxylic acids is 1. The minimum Gasteiger partial charge on any atom is -0.454 e. The fraction of sp³-hybridized carbons (Fsp3) is 0.214. The average molecular weight is 473 g/mol. The van der Waals surface area contributed by atoms with Crippen molar-refractivity contribution in [2.24, 2.45) is 11.0 Å². The molecule has 2 unspecified atom stereocenters. The minimum atomic E-state index is -0.435. The number of hydrogen-bond donors (Lipinski definition) is 3. The predicted octanol–water partition coefficient (Wildman–Crippen LogP) is 5.87. The van der Waals surface area contributed by atoms with Gasteiger partial charge in [0.2, 0.25) is 5.78 Å². The molecule has 1 aliphatic carbocycles. The monoisotopic (exact) mass is 472 g/mol. The Kier molecular flexibility index (Phi) is 7.15. The van der Waals surface area contributed by atoms with Crippen molar-refractivity contribution in [2.45, 2.75) is 26.3 Å². The third-order valence-corrected chi connectivity index (χ3v) is 6.00. The van der Waals surface area contributed by atoms with E-state index in [2.05, 4.69) is 52.9 Å². The first-order valence-electron chi connectivity index (χ1n) is 11.5. The molecule has 180 valence electrons. The molecule has 1 aliphatic heterocycles. The summed E-state index contributed by atoms with van der Waals surface area (Å²) in [7, 11) is 1.77. The number of nitrogens with zero attached hydrogens (tertiary/aromatic N) is 1. The zero-order chi connectivity index (χ0) is 24.9. The highest BCUT2D eigenvalue weighted by Gasteiger charge is 2.29. The van der Waals surface area contributed by atoms with Gasteiger partial charge in [0, 0.05) is 24.6 Å². The second kappa shape index (κ2) is 10.4. The number of ketones is 1. The van der Waals surface area contributed by atoms with E-state index in [1.54, 1.807) is 37.4 Å². The van der Waals surface area contributed by atoms with E-state index in [-0.39, 0.29) is 29.1 Å². The smallest absolute Gasteiger partial charge is 0.209 e. The van der Waals surface area contributed by atoms with Gasteiger partial charge in [-0.2, -0.15) is 5.10 Å². The van der Waals surface area contributed by atoms with E-state index in [1.165, 1.54) is 17.9 Å². The number of rotatable bonds is 9. The number of nitrogens with one attached hydrogen (secondary N) is 3. The standard InChI is InChI=1S/C28H29FN4O2/c1-5-19-10-11-23-20(13-19)14-25(32-23)28(34)18(3)16-31-33-27-17(2)12-21(15-24(27)30-4)35-26-9-7-6-8-22(26)29/h6-16,20,23,30,32-33H,3,5H2,1-2,4H3/b31-16-. The quantitative estimate of drug-likeness (QED) is 0.242. The van der Waals surface area contributed by atoms with Crippen LogP contribution in [0.3, 0.4) is 0 Å². The number of Topliss-reactive ketones (excluding diaryl/α,β-unsaturated/α-hetero) is 1. The molecule has 2 aromatic carbocycles. The van der Waals surface area contributed by atoms with Crippen molar-refractivity contribution < 1.29 is 13.9 Å². The molecule has 1 heterocycles. The molecule has 2 aliphatic rings. The molecule has 0 bridgehead atoms. The largest absolute Gasteiger partial charge is 0.454 e. The summed E-state index contributed by atoms with van der Waals surface area (Å²) in [6.07, 6.45) is 10.7. The topological polar surface area (TPSA) is 74.8 Å². The van der Waals surface area contributed by atoms with Gasteiger partial charge in [-0.15, -0.1) is 0 Å². The van der Waals surface area contributed by atoms with Gasteiger partial charge in [0.15, 0.2) is 11.6 Å². The Balaban J connectivity index is 1.43. The molecular weight excluding hydrogens is 443 g/mol. The fourth-order valence-electron chi connectivity index (χ4n) is 4.07. The number of para-hydroxylation sites is 1. The van der Waals surface area contributed by atoms with Crippen LogP contribution in [-0.2, 0) is 4.79 Å². The molecule has 4 rings (SSSR count).